The first-order valence-electron chi connectivity index (χ1n) is 7.31. The minimum atomic E-state index is -0.869. The van der Waals surface area contributed by atoms with Crippen molar-refractivity contribution in [1.29, 1.82) is 0 Å². The Morgan fingerprint density at radius 2 is 2.24 bits per heavy atom. The van der Waals surface area contributed by atoms with Crippen molar-refractivity contribution in [2.24, 2.45) is 0 Å². The zero-order chi connectivity index (χ0) is 17.8. The lowest BCUT2D eigenvalue weighted by atomic mass is 10.2. The molecule has 1 atom stereocenters. The largest absolute Gasteiger partial charge is 0.447 e. The van der Waals surface area contributed by atoms with E-state index in [2.05, 4.69) is 20.4 Å². The van der Waals surface area contributed by atoms with E-state index in [1.54, 1.807) is 12.1 Å². The van der Waals surface area contributed by atoms with E-state index in [0.717, 1.165) is 12.1 Å². The van der Waals surface area contributed by atoms with Crippen LogP contribution in [0.4, 0.5) is 13.6 Å². The van der Waals surface area contributed by atoms with E-state index in [1.165, 1.54) is 6.20 Å². The zero-order valence-corrected chi connectivity index (χ0v) is 12.8. The second kappa shape index (κ2) is 7.12. The Hall–Kier alpha value is -3.23. The number of aromatic nitrogens is 1. The molecule has 1 aliphatic rings. The number of hydrogen-bond donors (Lipinski definition) is 2. The van der Waals surface area contributed by atoms with Crippen LogP contribution in [0.25, 0.3) is 0 Å². The lowest BCUT2D eigenvalue weighted by Gasteiger charge is -2.12. The summed E-state index contributed by atoms with van der Waals surface area (Å²) >= 11 is 0. The van der Waals surface area contributed by atoms with E-state index in [-0.39, 0.29) is 24.8 Å². The summed E-state index contributed by atoms with van der Waals surface area (Å²) in [7, 11) is 0. The average Bonchev–Trinajstić information content (AvgIpc) is 3.03. The van der Waals surface area contributed by atoms with Gasteiger partial charge >= 0.3 is 6.09 Å². The fourth-order valence-corrected chi connectivity index (χ4v) is 2.14. The number of nitrogens with one attached hydrogen (secondary N) is 2. The van der Waals surface area contributed by atoms with Crippen LogP contribution in [-0.4, -0.2) is 29.6 Å². The van der Waals surface area contributed by atoms with Gasteiger partial charge in [0, 0.05) is 24.4 Å². The molecule has 0 bridgehead atoms. The highest BCUT2D eigenvalue weighted by atomic mass is 19.1. The number of amides is 2. The summed E-state index contributed by atoms with van der Waals surface area (Å²) in [6.45, 7) is -0.0148. The van der Waals surface area contributed by atoms with Crippen molar-refractivity contribution in [2.45, 2.75) is 12.6 Å². The fraction of sp³-hybridized carbons (Fsp3) is 0.188. The lowest BCUT2D eigenvalue weighted by Crippen LogP contribution is -2.42. The monoisotopic (exact) mass is 349 g/mol. The Balaban J connectivity index is 1.68. The van der Waals surface area contributed by atoms with Crippen LogP contribution in [0.2, 0.25) is 0 Å². The van der Waals surface area contributed by atoms with Gasteiger partial charge in [-0.2, -0.15) is 0 Å². The van der Waals surface area contributed by atoms with E-state index in [0.29, 0.717) is 11.6 Å². The van der Waals surface area contributed by atoms with Crippen molar-refractivity contribution in [3.63, 3.8) is 0 Å². The number of nitrogens with zero attached hydrogens (tertiary/aromatic N) is 1. The van der Waals surface area contributed by atoms with Crippen LogP contribution in [0.5, 0.6) is 11.6 Å². The molecule has 25 heavy (non-hydrogen) atoms. The molecule has 1 fully saturated rings. The molecule has 1 saturated heterocycles. The van der Waals surface area contributed by atoms with Gasteiger partial charge < -0.3 is 20.1 Å². The number of carbonyl (C=O) groups is 2. The van der Waals surface area contributed by atoms with Crippen molar-refractivity contribution in [3.05, 3.63) is 53.7 Å². The summed E-state index contributed by atoms with van der Waals surface area (Å²) in [6.07, 6.45) is 0.782. The number of hydrogen-bond acceptors (Lipinski definition) is 5. The van der Waals surface area contributed by atoms with Crippen LogP contribution in [0.3, 0.4) is 0 Å². The van der Waals surface area contributed by atoms with Crippen LogP contribution in [0.1, 0.15) is 5.56 Å². The van der Waals surface area contributed by atoms with Crippen LogP contribution < -0.4 is 15.4 Å². The summed E-state index contributed by atoms with van der Waals surface area (Å²) in [6, 6.07) is 5.38. The Kier molecular flexibility index (Phi) is 4.73. The number of ether oxygens (including phenoxy) is 2. The van der Waals surface area contributed by atoms with Gasteiger partial charge in [-0.25, -0.2) is 18.6 Å². The molecule has 0 unspecified atom stereocenters. The molecule has 1 aromatic heterocycles. The highest BCUT2D eigenvalue weighted by molar-refractivity contribution is 5.87. The third-order valence-electron chi connectivity index (χ3n) is 3.39. The van der Waals surface area contributed by atoms with Gasteiger partial charge in [0.25, 0.3) is 0 Å². The Labute approximate surface area is 141 Å². The highest BCUT2D eigenvalue weighted by Crippen LogP contribution is 2.26. The first-order chi connectivity index (χ1) is 12.0. The maximum Gasteiger partial charge on any atom is 0.407 e. The third-order valence-corrected chi connectivity index (χ3v) is 3.39. The van der Waals surface area contributed by atoms with E-state index in [4.69, 9.17) is 4.74 Å². The molecule has 3 rings (SSSR count). The molecule has 2 N–H and O–H groups in total. The molecule has 2 amide bonds. The lowest BCUT2D eigenvalue weighted by molar-refractivity contribution is -0.123. The van der Waals surface area contributed by atoms with Crippen LogP contribution >= 0.6 is 0 Å². The first-order valence-corrected chi connectivity index (χ1v) is 7.31. The number of carbonyl (C=O) groups excluding carboxylic acids is 2. The molecule has 0 spiro atoms. The van der Waals surface area contributed by atoms with Crippen molar-refractivity contribution < 1.29 is 27.8 Å². The summed E-state index contributed by atoms with van der Waals surface area (Å²) in [5, 5.41) is 4.96. The topological polar surface area (TPSA) is 89.6 Å². The summed E-state index contributed by atoms with van der Waals surface area (Å²) in [5.41, 5.74) is 0.477. The van der Waals surface area contributed by atoms with Crippen LogP contribution in [-0.2, 0) is 16.1 Å². The fourth-order valence-electron chi connectivity index (χ4n) is 2.14. The Bertz CT molecular complexity index is 816. The maximum atomic E-state index is 13.7. The minimum absolute atomic E-state index is 0.0389. The van der Waals surface area contributed by atoms with Crippen LogP contribution in [0, 0.1) is 11.6 Å². The maximum absolute atomic E-state index is 13.7. The van der Waals surface area contributed by atoms with Crippen molar-refractivity contribution in [2.75, 3.05) is 6.61 Å². The molecule has 0 radical (unpaired) electrons. The summed E-state index contributed by atoms with van der Waals surface area (Å²) < 4.78 is 36.7. The molecule has 130 valence electrons. The molecule has 9 heteroatoms. The van der Waals surface area contributed by atoms with E-state index >= 15 is 0 Å². The smallest absolute Gasteiger partial charge is 0.407 e. The third kappa shape index (κ3) is 4.00. The van der Waals surface area contributed by atoms with Gasteiger partial charge in [-0.3, -0.25) is 4.79 Å². The minimum Gasteiger partial charge on any atom is -0.447 e. The van der Waals surface area contributed by atoms with Gasteiger partial charge in [-0.1, -0.05) is 6.07 Å². The SMILES string of the molecule is O=C1N[C@@H](C(=O)NCc2cccnc2Oc2ccc(F)cc2F)CO1. The Morgan fingerprint density at radius 1 is 1.40 bits per heavy atom. The summed E-state index contributed by atoms with van der Waals surface area (Å²) in [5.74, 6) is -2.15. The number of pyridine rings is 1. The van der Waals surface area contributed by atoms with Gasteiger partial charge in [-0.05, 0) is 18.2 Å². The average molecular weight is 349 g/mol. The number of alkyl carbamates (subject to hydrolysis) is 1. The van der Waals surface area contributed by atoms with Gasteiger partial charge in [0.1, 0.15) is 18.5 Å². The second-order valence-electron chi connectivity index (χ2n) is 5.16. The molecule has 1 aliphatic heterocycles. The first kappa shape index (κ1) is 16.6. The quantitative estimate of drug-likeness (QED) is 0.860. The van der Waals surface area contributed by atoms with Gasteiger partial charge in [0.2, 0.25) is 11.8 Å². The number of cyclic esters (lactones) is 1. The number of halogens is 2. The normalized spacial score (nSPS) is 16.1. The predicted molar refractivity (Wildman–Crippen MR) is 80.8 cm³/mol. The second-order valence-corrected chi connectivity index (χ2v) is 5.16. The van der Waals surface area contributed by atoms with E-state index in [1.807, 2.05) is 0 Å². The van der Waals surface area contributed by atoms with Crippen molar-refractivity contribution in [3.8, 4) is 11.6 Å². The molecule has 0 saturated carbocycles. The Morgan fingerprint density at radius 3 is 2.96 bits per heavy atom. The molecule has 1 aromatic carbocycles. The molecular formula is C16H13F2N3O4. The van der Waals surface area contributed by atoms with Crippen molar-refractivity contribution >= 4 is 12.0 Å². The zero-order valence-electron chi connectivity index (χ0n) is 12.8. The highest BCUT2D eigenvalue weighted by Gasteiger charge is 2.28. The van der Waals surface area contributed by atoms with Gasteiger partial charge in [0.15, 0.2) is 11.6 Å². The summed E-state index contributed by atoms with van der Waals surface area (Å²) in [4.78, 5) is 26.9. The van der Waals surface area contributed by atoms with Gasteiger partial charge in [-0.15, -0.1) is 0 Å². The molecule has 0 aliphatic carbocycles. The number of benzene rings is 1. The molecule has 7 nitrogen and oxygen atoms in total. The number of rotatable bonds is 5. The van der Waals surface area contributed by atoms with E-state index in [9.17, 15) is 18.4 Å². The van der Waals surface area contributed by atoms with Gasteiger partial charge in [0.05, 0.1) is 0 Å². The molecule has 2 aromatic rings. The predicted octanol–water partition coefficient (Wildman–Crippen LogP) is 1.88. The van der Waals surface area contributed by atoms with E-state index < -0.39 is 29.7 Å². The standard InChI is InChI=1S/C16H13F2N3O4/c17-10-3-4-13(11(18)6-10)25-15-9(2-1-5-19-15)7-20-14(22)12-8-24-16(23)21-12/h1-6,12H,7-8H2,(H,20,22)(H,21,23)/t12-/m1/s1. The van der Waals surface area contributed by atoms with Crippen LogP contribution in [0.15, 0.2) is 36.5 Å². The molecular weight excluding hydrogens is 336 g/mol. The van der Waals surface area contributed by atoms with Crippen molar-refractivity contribution in [1.82, 2.24) is 15.6 Å². The molecule has 2 heterocycles.